The number of hydrogen-bond donors (Lipinski definition) is 4. The second-order valence-electron chi connectivity index (χ2n) is 10.3. The Morgan fingerprint density at radius 2 is 1.87 bits per heavy atom. The van der Waals surface area contributed by atoms with Crippen molar-refractivity contribution in [2.24, 2.45) is 5.92 Å². The van der Waals surface area contributed by atoms with Gasteiger partial charge in [0.15, 0.2) is 0 Å². The number of hydrogen-bond acceptors (Lipinski definition) is 5. The van der Waals surface area contributed by atoms with E-state index in [1.165, 1.54) is 25.7 Å². The van der Waals surface area contributed by atoms with E-state index in [4.69, 9.17) is 4.74 Å². The molecule has 1 fully saturated rings. The number of carboxylic acid groups (broad SMARTS) is 1. The molecular weight excluding hydrogens is 489 g/mol. The molecule has 0 spiro atoms. The Hall–Kier alpha value is -3.62. The molecule has 2 aromatic carbocycles. The van der Waals surface area contributed by atoms with E-state index in [1.807, 2.05) is 0 Å². The highest BCUT2D eigenvalue weighted by atomic mass is 19.1. The molecule has 4 N–H and O–H groups in total. The van der Waals surface area contributed by atoms with Gasteiger partial charge in [-0.3, -0.25) is 14.4 Å². The standard InChI is InChI=1S/C29H36FN3O5/c1-38-23-9-5-8-19(14-23)28(36)33-26(12-18-6-3-2-4-7-18)29(37)32-22(16-27(34)35)13-20-17-31-25-11-10-21(30)15-24(20)25/h5,8-11,14-15,18,20,22,26,31H,2-4,6-7,12-13,16-17H2,1H3,(H,32,37)(H,33,36)(H,34,35)/t20?,22-,26-/m0/s1. The van der Waals surface area contributed by atoms with E-state index in [1.54, 1.807) is 30.3 Å². The minimum Gasteiger partial charge on any atom is -0.497 e. The number of carbonyl (C=O) groups excluding carboxylic acids is 2. The van der Waals surface area contributed by atoms with Crippen molar-refractivity contribution in [1.82, 2.24) is 10.6 Å². The van der Waals surface area contributed by atoms with Gasteiger partial charge in [0.05, 0.1) is 13.5 Å². The van der Waals surface area contributed by atoms with E-state index in [-0.39, 0.29) is 24.1 Å². The van der Waals surface area contributed by atoms with Crippen LogP contribution in [0.4, 0.5) is 10.1 Å². The van der Waals surface area contributed by atoms with Crippen LogP contribution in [0.15, 0.2) is 42.5 Å². The normalized spacial score (nSPS) is 18.5. The highest BCUT2D eigenvalue weighted by molar-refractivity contribution is 5.98. The number of methoxy groups -OCH3 is 1. The van der Waals surface area contributed by atoms with Crippen molar-refractivity contribution in [3.8, 4) is 5.75 Å². The molecule has 0 bridgehead atoms. The fraction of sp³-hybridized carbons (Fsp3) is 0.483. The summed E-state index contributed by atoms with van der Waals surface area (Å²) >= 11 is 0. The number of ether oxygens (including phenoxy) is 1. The lowest BCUT2D eigenvalue weighted by molar-refractivity contribution is -0.137. The number of benzene rings is 2. The molecule has 204 valence electrons. The van der Waals surface area contributed by atoms with Crippen molar-refractivity contribution < 1.29 is 28.6 Å². The first-order valence-corrected chi connectivity index (χ1v) is 13.3. The first kappa shape index (κ1) is 27.4. The van der Waals surface area contributed by atoms with Crippen molar-refractivity contribution in [2.45, 2.75) is 69.4 Å². The molecule has 0 aromatic heterocycles. The van der Waals surface area contributed by atoms with Crippen LogP contribution in [-0.2, 0) is 9.59 Å². The number of anilines is 1. The quantitative estimate of drug-likeness (QED) is 0.344. The Morgan fingerprint density at radius 3 is 2.61 bits per heavy atom. The Morgan fingerprint density at radius 1 is 1.08 bits per heavy atom. The third-order valence-corrected chi connectivity index (χ3v) is 7.58. The molecule has 8 nitrogen and oxygen atoms in total. The first-order valence-electron chi connectivity index (χ1n) is 13.3. The molecule has 2 amide bonds. The molecule has 2 aromatic rings. The van der Waals surface area contributed by atoms with Gasteiger partial charge >= 0.3 is 5.97 Å². The van der Waals surface area contributed by atoms with Gasteiger partial charge in [-0.1, -0.05) is 38.2 Å². The molecule has 1 saturated carbocycles. The third-order valence-electron chi connectivity index (χ3n) is 7.58. The summed E-state index contributed by atoms with van der Waals surface area (Å²) in [6, 6.07) is 9.74. The van der Waals surface area contributed by atoms with Crippen molar-refractivity contribution in [1.29, 1.82) is 0 Å². The topological polar surface area (TPSA) is 117 Å². The van der Waals surface area contributed by atoms with E-state index in [2.05, 4.69) is 16.0 Å². The SMILES string of the molecule is COc1cccc(C(=O)N[C@@H](CC2CCCCC2)C(=O)N[C@H](CC(=O)O)CC2CNc3ccc(F)cc32)c1. The molecule has 0 radical (unpaired) electrons. The zero-order valence-electron chi connectivity index (χ0n) is 21.7. The van der Waals surface area contributed by atoms with Gasteiger partial charge in [-0.15, -0.1) is 0 Å². The van der Waals surface area contributed by atoms with Gasteiger partial charge in [0.1, 0.15) is 17.6 Å². The van der Waals surface area contributed by atoms with Gasteiger partial charge in [-0.05, 0) is 60.7 Å². The molecule has 0 saturated heterocycles. The molecule has 38 heavy (non-hydrogen) atoms. The number of rotatable bonds is 11. The molecule has 9 heteroatoms. The maximum absolute atomic E-state index is 13.9. The highest BCUT2D eigenvalue weighted by Crippen LogP contribution is 2.35. The Kier molecular flexibility index (Phi) is 9.20. The number of carboxylic acids is 1. The largest absolute Gasteiger partial charge is 0.497 e. The lowest BCUT2D eigenvalue weighted by Gasteiger charge is -2.28. The summed E-state index contributed by atoms with van der Waals surface area (Å²) in [4.78, 5) is 38.3. The minimum atomic E-state index is -1.04. The van der Waals surface area contributed by atoms with Crippen LogP contribution < -0.4 is 20.7 Å². The number of fused-ring (bicyclic) bond motifs is 1. The van der Waals surface area contributed by atoms with Crippen LogP contribution in [0, 0.1) is 11.7 Å². The Labute approximate surface area is 222 Å². The van der Waals surface area contributed by atoms with Gasteiger partial charge in [0.25, 0.3) is 5.91 Å². The van der Waals surface area contributed by atoms with Gasteiger partial charge in [0.2, 0.25) is 5.91 Å². The Bertz CT molecular complexity index is 1150. The lowest BCUT2D eigenvalue weighted by Crippen LogP contribution is -2.51. The van der Waals surface area contributed by atoms with E-state index in [0.29, 0.717) is 36.6 Å². The molecule has 1 aliphatic heterocycles. The van der Waals surface area contributed by atoms with Gasteiger partial charge in [-0.2, -0.15) is 0 Å². The van der Waals surface area contributed by atoms with Crippen LogP contribution >= 0.6 is 0 Å². The average molecular weight is 526 g/mol. The summed E-state index contributed by atoms with van der Waals surface area (Å²) in [5, 5.41) is 18.6. The van der Waals surface area contributed by atoms with Crippen LogP contribution in [0.25, 0.3) is 0 Å². The summed E-state index contributed by atoms with van der Waals surface area (Å²) in [6.45, 7) is 0.531. The number of nitrogens with one attached hydrogen (secondary N) is 3. The predicted molar refractivity (Wildman–Crippen MR) is 142 cm³/mol. The second kappa shape index (κ2) is 12.8. The number of amides is 2. The molecule has 4 rings (SSSR count). The Balaban J connectivity index is 1.49. The average Bonchev–Trinajstić information content (AvgIpc) is 3.29. The van der Waals surface area contributed by atoms with Gasteiger partial charge < -0.3 is 25.8 Å². The summed E-state index contributed by atoms with van der Waals surface area (Å²) in [7, 11) is 1.52. The maximum Gasteiger partial charge on any atom is 0.305 e. The van der Waals surface area contributed by atoms with Crippen molar-refractivity contribution in [3.63, 3.8) is 0 Å². The zero-order chi connectivity index (χ0) is 27.1. The third kappa shape index (κ3) is 7.24. The monoisotopic (exact) mass is 525 g/mol. The van der Waals surface area contributed by atoms with E-state index in [9.17, 15) is 23.9 Å². The number of aliphatic carboxylic acids is 1. The van der Waals surface area contributed by atoms with Crippen LogP contribution in [0.5, 0.6) is 5.75 Å². The van der Waals surface area contributed by atoms with Crippen LogP contribution in [0.1, 0.15) is 73.2 Å². The van der Waals surface area contributed by atoms with E-state index >= 15 is 0 Å². The first-order chi connectivity index (χ1) is 18.3. The molecule has 1 heterocycles. The fourth-order valence-electron chi connectivity index (χ4n) is 5.63. The summed E-state index contributed by atoms with van der Waals surface area (Å²) in [6.07, 6.45) is 5.89. The zero-order valence-corrected chi connectivity index (χ0v) is 21.7. The predicted octanol–water partition coefficient (Wildman–Crippen LogP) is 4.46. The van der Waals surface area contributed by atoms with Crippen molar-refractivity contribution in [2.75, 3.05) is 19.0 Å². The summed E-state index contributed by atoms with van der Waals surface area (Å²) in [5.41, 5.74) is 1.97. The minimum absolute atomic E-state index is 0.145. The fourth-order valence-corrected chi connectivity index (χ4v) is 5.63. The molecule has 3 atom stereocenters. The smallest absolute Gasteiger partial charge is 0.305 e. The van der Waals surface area contributed by atoms with Crippen LogP contribution in [0.3, 0.4) is 0 Å². The van der Waals surface area contributed by atoms with Crippen LogP contribution in [0.2, 0.25) is 0 Å². The summed E-state index contributed by atoms with van der Waals surface area (Å²) in [5.74, 6) is -1.49. The lowest BCUT2D eigenvalue weighted by atomic mass is 9.84. The van der Waals surface area contributed by atoms with Crippen molar-refractivity contribution in [3.05, 3.63) is 59.4 Å². The molecule has 2 aliphatic rings. The van der Waals surface area contributed by atoms with Crippen molar-refractivity contribution >= 4 is 23.5 Å². The highest BCUT2D eigenvalue weighted by Gasteiger charge is 2.31. The number of carbonyl (C=O) groups is 3. The summed E-state index contributed by atoms with van der Waals surface area (Å²) < 4.78 is 19.1. The van der Waals surface area contributed by atoms with Crippen LogP contribution in [-0.4, -0.2) is 48.6 Å². The maximum atomic E-state index is 13.9. The van der Waals surface area contributed by atoms with E-state index in [0.717, 1.165) is 36.9 Å². The number of halogens is 1. The van der Waals surface area contributed by atoms with E-state index < -0.39 is 24.0 Å². The van der Waals surface area contributed by atoms with Gasteiger partial charge in [-0.25, -0.2) is 4.39 Å². The molecular formula is C29H36FN3O5. The van der Waals surface area contributed by atoms with Gasteiger partial charge in [0, 0.05) is 29.8 Å². The molecule has 1 aliphatic carbocycles. The second-order valence-corrected chi connectivity index (χ2v) is 10.3. The molecule has 1 unspecified atom stereocenters.